The summed E-state index contributed by atoms with van der Waals surface area (Å²) in [5.74, 6) is -0.345. The molecule has 4 heteroatoms. The zero-order valence-corrected chi connectivity index (χ0v) is 8.66. The van der Waals surface area contributed by atoms with Gasteiger partial charge in [0.05, 0.1) is 11.8 Å². The van der Waals surface area contributed by atoms with E-state index in [-0.39, 0.29) is 11.5 Å². The van der Waals surface area contributed by atoms with Crippen LogP contribution in [0.1, 0.15) is 10.4 Å². The number of amides is 1. The van der Waals surface area contributed by atoms with Crippen molar-refractivity contribution in [1.29, 1.82) is 0 Å². The third kappa shape index (κ3) is 1.82. The van der Waals surface area contributed by atoms with Crippen molar-refractivity contribution >= 4 is 5.91 Å². The Morgan fingerprint density at radius 1 is 1.38 bits per heavy atom. The minimum absolute atomic E-state index is 0.287. The number of hydrogen-bond donors (Lipinski definition) is 1. The van der Waals surface area contributed by atoms with Gasteiger partial charge in [-0.1, -0.05) is 0 Å². The lowest BCUT2D eigenvalue weighted by atomic mass is 10.1. The minimum Gasteiger partial charge on any atom is -0.464 e. The summed E-state index contributed by atoms with van der Waals surface area (Å²) in [5, 5.41) is 2.43. The highest BCUT2D eigenvalue weighted by molar-refractivity contribution is 5.94. The topological polar surface area (TPSA) is 42.2 Å². The molecule has 0 radical (unpaired) electrons. The summed E-state index contributed by atoms with van der Waals surface area (Å²) >= 11 is 0. The molecule has 0 spiro atoms. The first-order valence-corrected chi connectivity index (χ1v) is 4.78. The SMILES string of the molecule is CNC(=O)c1ccc(-c2ccco2)c(F)c1. The number of rotatable bonds is 2. The molecule has 1 heterocycles. The van der Waals surface area contributed by atoms with E-state index in [9.17, 15) is 9.18 Å². The van der Waals surface area contributed by atoms with Crippen LogP contribution in [0.2, 0.25) is 0 Å². The number of benzene rings is 1. The molecular weight excluding hydrogens is 209 g/mol. The van der Waals surface area contributed by atoms with Crippen LogP contribution in [0.25, 0.3) is 11.3 Å². The molecule has 0 bridgehead atoms. The maximum absolute atomic E-state index is 13.7. The van der Waals surface area contributed by atoms with Gasteiger partial charge in [0.15, 0.2) is 0 Å². The van der Waals surface area contributed by atoms with E-state index in [0.29, 0.717) is 11.3 Å². The van der Waals surface area contributed by atoms with Crippen molar-refractivity contribution in [1.82, 2.24) is 5.32 Å². The van der Waals surface area contributed by atoms with E-state index in [1.165, 1.54) is 25.4 Å². The number of halogens is 1. The Bertz CT molecular complexity index is 506. The molecule has 82 valence electrons. The third-order valence-electron chi connectivity index (χ3n) is 2.24. The summed E-state index contributed by atoms with van der Waals surface area (Å²) in [6.07, 6.45) is 1.47. The Balaban J connectivity index is 2.41. The Hall–Kier alpha value is -2.10. The molecule has 16 heavy (non-hydrogen) atoms. The van der Waals surface area contributed by atoms with Gasteiger partial charge in [-0.2, -0.15) is 0 Å². The Kier molecular flexibility index (Phi) is 2.72. The predicted octanol–water partition coefficient (Wildman–Crippen LogP) is 2.45. The average Bonchev–Trinajstić information content (AvgIpc) is 2.81. The van der Waals surface area contributed by atoms with Gasteiger partial charge in [-0.15, -0.1) is 0 Å². The van der Waals surface area contributed by atoms with Crippen LogP contribution >= 0.6 is 0 Å². The highest BCUT2D eigenvalue weighted by Gasteiger charge is 2.11. The fraction of sp³-hybridized carbons (Fsp3) is 0.0833. The summed E-state index contributed by atoms with van der Waals surface area (Å²) in [6, 6.07) is 7.62. The number of carbonyl (C=O) groups is 1. The Morgan fingerprint density at radius 2 is 2.19 bits per heavy atom. The third-order valence-corrected chi connectivity index (χ3v) is 2.24. The lowest BCUT2D eigenvalue weighted by Gasteiger charge is -2.03. The van der Waals surface area contributed by atoms with Crippen LogP contribution < -0.4 is 5.32 Å². The molecule has 0 atom stereocenters. The fourth-order valence-electron chi connectivity index (χ4n) is 1.43. The largest absolute Gasteiger partial charge is 0.464 e. The molecule has 0 aliphatic carbocycles. The Morgan fingerprint density at radius 3 is 2.75 bits per heavy atom. The molecule has 0 unspecified atom stereocenters. The highest BCUT2D eigenvalue weighted by atomic mass is 19.1. The molecule has 2 rings (SSSR count). The van der Waals surface area contributed by atoms with E-state index in [4.69, 9.17) is 4.42 Å². The minimum atomic E-state index is -0.476. The first-order valence-electron chi connectivity index (χ1n) is 4.78. The number of hydrogen-bond acceptors (Lipinski definition) is 2. The van der Waals surface area contributed by atoms with Gasteiger partial charge in [0.1, 0.15) is 11.6 Å². The van der Waals surface area contributed by atoms with Gasteiger partial charge in [-0.05, 0) is 30.3 Å². The van der Waals surface area contributed by atoms with E-state index < -0.39 is 5.82 Å². The van der Waals surface area contributed by atoms with Gasteiger partial charge in [-0.25, -0.2) is 4.39 Å². The summed E-state index contributed by atoms with van der Waals surface area (Å²) in [7, 11) is 1.50. The molecule has 1 aromatic carbocycles. The van der Waals surface area contributed by atoms with Gasteiger partial charge >= 0.3 is 0 Å². The van der Waals surface area contributed by atoms with E-state index >= 15 is 0 Å². The van der Waals surface area contributed by atoms with Gasteiger partial charge in [0.2, 0.25) is 0 Å². The van der Waals surface area contributed by atoms with Crippen LogP contribution in [-0.4, -0.2) is 13.0 Å². The van der Waals surface area contributed by atoms with Crippen molar-refractivity contribution in [3.05, 3.63) is 48.0 Å². The zero-order chi connectivity index (χ0) is 11.5. The molecule has 0 fully saturated rings. The maximum atomic E-state index is 13.7. The monoisotopic (exact) mass is 219 g/mol. The summed E-state index contributed by atoms with van der Waals surface area (Å²) in [6.45, 7) is 0. The van der Waals surface area contributed by atoms with Gasteiger partial charge in [-0.3, -0.25) is 4.79 Å². The van der Waals surface area contributed by atoms with Crippen molar-refractivity contribution in [3.8, 4) is 11.3 Å². The highest BCUT2D eigenvalue weighted by Crippen LogP contribution is 2.23. The van der Waals surface area contributed by atoms with Crippen LogP contribution in [0, 0.1) is 5.82 Å². The lowest BCUT2D eigenvalue weighted by molar-refractivity contribution is 0.0962. The summed E-state index contributed by atoms with van der Waals surface area (Å²) in [5.41, 5.74) is 0.632. The number of nitrogens with one attached hydrogen (secondary N) is 1. The van der Waals surface area contributed by atoms with Gasteiger partial charge in [0, 0.05) is 12.6 Å². The average molecular weight is 219 g/mol. The maximum Gasteiger partial charge on any atom is 0.251 e. The normalized spacial score (nSPS) is 10.1. The van der Waals surface area contributed by atoms with Crippen molar-refractivity contribution < 1.29 is 13.6 Å². The summed E-state index contributed by atoms with van der Waals surface area (Å²) < 4.78 is 18.8. The van der Waals surface area contributed by atoms with Crippen LogP contribution in [0.5, 0.6) is 0 Å². The van der Waals surface area contributed by atoms with Gasteiger partial charge in [0.25, 0.3) is 5.91 Å². The molecule has 1 aromatic heterocycles. The first kappa shape index (κ1) is 10.4. The van der Waals surface area contributed by atoms with E-state index in [0.717, 1.165) is 0 Å². The van der Waals surface area contributed by atoms with Crippen LogP contribution in [0.4, 0.5) is 4.39 Å². The predicted molar refractivity (Wildman–Crippen MR) is 57.5 cm³/mol. The second-order valence-electron chi connectivity index (χ2n) is 3.25. The van der Waals surface area contributed by atoms with E-state index in [2.05, 4.69) is 5.32 Å². The Labute approximate surface area is 91.9 Å². The van der Waals surface area contributed by atoms with Crippen LogP contribution in [-0.2, 0) is 0 Å². The smallest absolute Gasteiger partial charge is 0.251 e. The van der Waals surface area contributed by atoms with Crippen LogP contribution in [0.15, 0.2) is 41.0 Å². The molecule has 0 saturated heterocycles. The molecule has 1 amide bonds. The van der Waals surface area contributed by atoms with Crippen molar-refractivity contribution in [2.24, 2.45) is 0 Å². The molecule has 0 saturated carbocycles. The van der Waals surface area contributed by atoms with E-state index in [1.807, 2.05) is 0 Å². The first-order chi connectivity index (χ1) is 7.72. The molecule has 2 aromatic rings. The molecule has 3 nitrogen and oxygen atoms in total. The fourth-order valence-corrected chi connectivity index (χ4v) is 1.43. The van der Waals surface area contributed by atoms with Crippen LogP contribution in [0.3, 0.4) is 0 Å². The standard InChI is InChI=1S/C12H10FNO2/c1-14-12(15)8-4-5-9(10(13)7-8)11-3-2-6-16-11/h2-7H,1H3,(H,14,15). The number of carbonyl (C=O) groups excluding carboxylic acids is 1. The number of furan rings is 1. The quantitative estimate of drug-likeness (QED) is 0.842. The summed E-state index contributed by atoms with van der Waals surface area (Å²) in [4.78, 5) is 11.3. The molecule has 0 aliphatic heterocycles. The molecule has 1 N–H and O–H groups in total. The molecular formula is C12H10FNO2. The second-order valence-corrected chi connectivity index (χ2v) is 3.25. The lowest BCUT2D eigenvalue weighted by Crippen LogP contribution is -2.17. The zero-order valence-electron chi connectivity index (χ0n) is 8.66. The van der Waals surface area contributed by atoms with Crippen molar-refractivity contribution in [2.45, 2.75) is 0 Å². The van der Waals surface area contributed by atoms with E-state index in [1.54, 1.807) is 18.2 Å². The van der Waals surface area contributed by atoms with Gasteiger partial charge < -0.3 is 9.73 Å². The molecule has 0 aliphatic rings. The second kappa shape index (κ2) is 4.18. The van der Waals surface area contributed by atoms with Crippen molar-refractivity contribution in [2.75, 3.05) is 7.05 Å². The van der Waals surface area contributed by atoms with Crippen molar-refractivity contribution in [3.63, 3.8) is 0 Å².